The molecule has 24 heavy (non-hydrogen) atoms. The molecule has 0 radical (unpaired) electrons. The van der Waals surface area contributed by atoms with E-state index in [0.717, 1.165) is 5.56 Å². The van der Waals surface area contributed by atoms with Crippen LogP contribution in [0.25, 0.3) is 0 Å². The van der Waals surface area contributed by atoms with E-state index in [9.17, 15) is 15.0 Å². The number of phenolic OH excluding ortho intramolecular Hbond substituents is 1. The molecule has 2 aromatic carbocycles. The molecule has 1 atom stereocenters. The topological polar surface area (TPSA) is 69.6 Å². The molecule has 1 amide bonds. The minimum Gasteiger partial charge on any atom is -0.508 e. The summed E-state index contributed by atoms with van der Waals surface area (Å²) in [7, 11) is 0. The Hall–Kier alpha value is -2.33. The summed E-state index contributed by atoms with van der Waals surface area (Å²) in [5.41, 5.74) is 2.73. The van der Waals surface area contributed by atoms with Crippen LogP contribution in [0.4, 0.5) is 0 Å². The van der Waals surface area contributed by atoms with Crippen LogP contribution in [0.1, 0.15) is 42.3 Å². The summed E-state index contributed by atoms with van der Waals surface area (Å²) < 4.78 is 0. The lowest BCUT2D eigenvalue weighted by Gasteiger charge is -2.20. The van der Waals surface area contributed by atoms with Gasteiger partial charge in [-0.1, -0.05) is 45.0 Å². The highest BCUT2D eigenvalue weighted by atomic mass is 16.3. The minimum absolute atomic E-state index is 0.0432. The number of rotatable bonds is 5. The molecule has 3 N–H and O–H groups in total. The lowest BCUT2D eigenvalue weighted by atomic mass is 9.86. The average Bonchev–Trinajstić information content (AvgIpc) is 2.55. The Morgan fingerprint density at radius 1 is 1.04 bits per heavy atom. The normalized spacial score (nSPS) is 12.7. The Morgan fingerprint density at radius 3 is 2.12 bits per heavy atom. The van der Waals surface area contributed by atoms with Gasteiger partial charge in [0.15, 0.2) is 0 Å². The van der Waals surface area contributed by atoms with Gasteiger partial charge in [-0.2, -0.15) is 0 Å². The molecular weight excluding hydrogens is 302 g/mol. The molecule has 4 heteroatoms. The summed E-state index contributed by atoms with van der Waals surface area (Å²) >= 11 is 0. The SMILES string of the molecule is CC(C)(C)c1ccc(C(=O)N[C@H](CO)Cc2ccc(O)cc2)cc1. The van der Waals surface area contributed by atoms with Gasteiger partial charge >= 0.3 is 0 Å². The van der Waals surface area contributed by atoms with Gasteiger partial charge in [0.2, 0.25) is 0 Å². The molecule has 0 aromatic heterocycles. The number of carbonyl (C=O) groups excluding carboxylic acids is 1. The number of carbonyl (C=O) groups is 1. The van der Waals surface area contributed by atoms with E-state index >= 15 is 0 Å². The molecule has 0 saturated heterocycles. The second-order valence-corrected chi connectivity index (χ2v) is 7.05. The molecule has 0 unspecified atom stereocenters. The van der Waals surface area contributed by atoms with Crippen molar-refractivity contribution in [3.8, 4) is 5.75 Å². The maximum absolute atomic E-state index is 12.4. The summed E-state index contributed by atoms with van der Waals surface area (Å²) in [6.45, 7) is 6.23. The fourth-order valence-electron chi connectivity index (χ4n) is 2.47. The third kappa shape index (κ3) is 4.83. The van der Waals surface area contributed by atoms with E-state index in [4.69, 9.17) is 0 Å². The number of phenols is 1. The van der Waals surface area contributed by atoms with Gasteiger partial charge in [-0.3, -0.25) is 4.79 Å². The molecule has 0 aliphatic rings. The number of hydrogen-bond acceptors (Lipinski definition) is 3. The molecule has 0 saturated carbocycles. The van der Waals surface area contributed by atoms with Gasteiger partial charge in [-0.05, 0) is 47.2 Å². The smallest absolute Gasteiger partial charge is 0.251 e. The second kappa shape index (κ2) is 7.49. The molecule has 0 fully saturated rings. The van der Waals surface area contributed by atoms with Crippen LogP contribution >= 0.6 is 0 Å². The number of aromatic hydroxyl groups is 1. The molecule has 0 heterocycles. The third-order valence-electron chi connectivity index (χ3n) is 3.99. The van der Waals surface area contributed by atoms with E-state index in [-0.39, 0.29) is 29.7 Å². The van der Waals surface area contributed by atoms with Crippen molar-refractivity contribution in [1.82, 2.24) is 5.32 Å². The number of aliphatic hydroxyl groups is 1. The monoisotopic (exact) mass is 327 g/mol. The largest absolute Gasteiger partial charge is 0.508 e. The fraction of sp³-hybridized carbons (Fsp3) is 0.350. The van der Waals surface area contributed by atoms with Crippen molar-refractivity contribution in [2.24, 2.45) is 0 Å². The van der Waals surface area contributed by atoms with Crippen molar-refractivity contribution in [1.29, 1.82) is 0 Å². The third-order valence-corrected chi connectivity index (χ3v) is 3.99. The van der Waals surface area contributed by atoms with E-state index in [1.54, 1.807) is 24.3 Å². The van der Waals surface area contributed by atoms with E-state index < -0.39 is 0 Å². The van der Waals surface area contributed by atoms with Crippen LogP contribution in [0.3, 0.4) is 0 Å². The zero-order chi connectivity index (χ0) is 17.7. The Bertz CT molecular complexity index is 670. The van der Waals surface area contributed by atoms with E-state index in [0.29, 0.717) is 12.0 Å². The average molecular weight is 327 g/mol. The Kier molecular flexibility index (Phi) is 5.62. The lowest BCUT2D eigenvalue weighted by molar-refractivity contribution is 0.0916. The van der Waals surface area contributed by atoms with Crippen LogP contribution < -0.4 is 5.32 Å². The first-order chi connectivity index (χ1) is 11.3. The molecule has 0 aliphatic carbocycles. The minimum atomic E-state index is -0.371. The zero-order valence-corrected chi connectivity index (χ0v) is 14.4. The molecular formula is C20H25NO3. The summed E-state index contributed by atoms with van der Waals surface area (Å²) in [4.78, 5) is 12.4. The van der Waals surface area contributed by atoms with E-state index in [1.807, 2.05) is 24.3 Å². The Labute approximate surface area is 143 Å². The maximum atomic E-state index is 12.4. The van der Waals surface area contributed by atoms with Crippen LogP contribution in [0.5, 0.6) is 5.75 Å². The first-order valence-corrected chi connectivity index (χ1v) is 8.10. The molecule has 2 rings (SSSR count). The fourth-order valence-corrected chi connectivity index (χ4v) is 2.47. The number of nitrogens with one attached hydrogen (secondary N) is 1. The molecule has 0 aliphatic heterocycles. The van der Waals surface area contributed by atoms with Crippen LogP contribution in [0.15, 0.2) is 48.5 Å². The van der Waals surface area contributed by atoms with Crippen molar-refractivity contribution < 1.29 is 15.0 Å². The van der Waals surface area contributed by atoms with Crippen molar-refractivity contribution >= 4 is 5.91 Å². The molecule has 0 spiro atoms. The predicted molar refractivity (Wildman–Crippen MR) is 95.3 cm³/mol. The number of benzene rings is 2. The predicted octanol–water partition coefficient (Wildman–Crippen LogP) is 3.02. The van der Waals surface area contributed by atoms with Crippen molar-refractivity contribution in [2.45, 2.75) is 38.6 Å². The quantitative estimate of drug-likeness (QED) is 0.790. The van der Waals surface area contributed by atoms with Gasteiger partial charge in [0.1, 0.15) is 5.75 Å². The summed E-state index contributed by atoms with van der Waals surface area (Å²) in [5.74, 6) is -0.00411. The van der Waals surface area contributed by atoms with Gasteiger partial charge in [0.05, 0.1) is 12.6 Å². The van der Waals surface area contributed by atoms with Gasteiger partial charge < -0.3 is 15.5 Å². The highest BCUT2D eigenvalue weighted by molar-refractivity contribution is 5.94. The van der Waals surface area contributed by atoms with Crippen LogP contribution in [0.2, 0.25) is 0 Å². The molecule has 0 bridgehead atoms. The molecule has 4 nitrogen and oxygen atoms in total. The van der Waals surface area contributed by atoms with Gasteiger partial charge in [0, 0.05) is 5.56 Å². The van der Waals surface area contributed by atoms with E-state index in [1.165, 1.54) is 5.56 Å². The van der Waals surface area contributed by atoms with E-state index in [2.05, 4.69) is 26.1 Å². The van der Waals surface area contributed by atoms with Gasteiger partial charge in [0.25, 0.3) is 5.91 Å². The first kappa shape index (κ1) is 18.0. The highest BCUT2D eigenvalue weighted by Gasteiger charge is 2.16. The first-order valence-electron chi connectivity index (χ1n) is 8.10. The van der Waals surface area contributed by atoms with Crippen molar-refractivity contribution in [3.63, 3.8) is 0 Å². The van der Waals surface area contributed by atoms with Crippen molar-refractivity contribution in [3.05, 3.63) is 65.2 Å². The Morgan fingerprint density at radius 2 is 1.62 bits per heavy atom. The second-order valence-electron chi connectivity index (χ2n) is 7.05. The summed E-state index contributed by atoms with van der Waals surface area (Å²) in [5, 5.41) is 21.7. The number of hydrogen-bond donors (Lipinski definition) is 3. The standard InChI is InChI=1S/C20H25NO3/c1-20(2,3)16-8-6-15(7-9-16)19(24)21-17(13-22)12-14-4-10-18(23)11-5-14/h4-11,17,22-23H,12-13H2,1-3H3,(H,21,24)/t17-/m0/s1. The number of amides is 1. The van der Waals surface area contributed by atoms with Gasteiger partial charge in [-0.25, -0.2) is 0 Å². The van der Waals surface area contributed by atoms with Crippen LogP contribution in [0, 0.1) is 0 Å². The molecule has 128 valence electrons. The lowest BCUT2D eigenvalue weighted by Crippen LogP contribution is -2.39. The maximum Gasteiger partial charge on any atom is 0.251 e. The molecule has 2 aromatic rings. The van der Waals surface area contributed by atoms with Crippen LogP contribution in [-0.4, -0.2) is 28.8 Å². The zero-order valence-electron chi connectivity index (χ0n) is 14.4. The Balaban J connectivity index is 2.02. The highest BCUT2D eigenvalue weighted by Crippen LogP contribution is 2.22. The number of aliphatic hydroxyl groups excluding tert-OH is 1. The summed E-state index contributed by atoms with van der Waals surface area (Å²) in [6, 6.07) is 13.9. The van der Waals surface area contributed by atoms with Crippen LogP contribution in [-0.2, 0) is 11.8 Å². The van der Waals surface area contributed by atoms with Gasteiger partial charge in [-0.15, -0.1) is 0 Å². The van der Waals surface area contributed by atoms with Crippen molar-refractivity contribution in [2.75, 3.05) is 6.61 Å². The summed E-state index contributed by atoms with van der Waals surface area (Å²) in [6.07, 6.45) is 0.503.